The predicted octanol–water partition coefficient (Wildman–Crippen LogP) is 2.20. The molecule has 1 aromatic rings. The highest BCUT2D eigenvalue weighted by Crippen LogP contribution is 2.12. The van der Waals surface area contributed by atoms with E-state index in [0.717, 1.165) is 0 Å². The number of nitriles is 1. The van der Waals surface area contributed by atoms with Crippen molar-refractivity contribution in [1.82, 2.24) is 0 Å². The van der Waals surface area contributed by atoms with Crippen LogP contribution in [0.3, 0.4) is 0 Å². The van der Waals surface area contributed by atoms with Crippen molar-refractivity contribution >= 4 is 5.69 Å². The van der Waals surface area contributed by atoms with E-state index < -0.39 is 0 Å². The molecule has 1 rings (SSSR count). The molecule has 0 radical (unpaired) electrons. The average molecular weight is 178 g/mol. The lowest BCUT2D eigenvalue weighted by Crippen LogP contribution is -1.93. The van der Waals surface area contributed by atoms with Crippen LogP contribution in [0.5, 0.6) is 5.75 Å². The Hall–Kier alpha value is -1.69. The smallest absolute Gasteiger partial charge is 0.174 e. The van der Waals surface area contributed by atoms with E-state index in [1.807, 2.05) is 19.9 Å². The van der Waals surface area contributed by atoms with Crippen molar-refractivity contribution in [3.8, 4) is 11.8 Å². The van der Waals surface area contributed by atoms with E-state index in [0.29, 0.717) is 11.4 Å². The maximum atomic E-state index is 8.18. The van der Waals surface area contributed by atoms with Crippen LogP contribution in [0, 0.1) is 11.3 Å². The molecule has 0 aliphatic rings. The van der Waals surface area contributed by atoms with Crippen LogP contribution >= 0.6 is 0 Å². The second-order valence-corrected chi connectivity index (χ2v) is 2.02. The van der Waals surface area contributed by atoms with Crippen LogP contribution in [-0.4, -0.2) is 6.61 Å². The Kier molecular flexibility index (Phi) is 6.08. The molecule has 0 aliphatic carbocycles. The Morgan fingerprint density at radius 3 is 2.31 bits per heavy atom. The van der Waals surface area contributed by atoms with Crippen LogP contribution in [0.15, 0.2) is 24.3 Å². The third kappa shape index (κ3) is 4.70. The number of hydrogen-bond donors (Lipinski definition) is 1. The number of nitrogens with zero attached hydrogens (tertiary/aromatic N) is 1. The minimum Gasteiger partial charge on any atom is -0.479 e. The van der Waals surface area contributed by atoms with Crippen molar-refractivity contribution in [3.05, 3.63) is 24.3 Å². The average Bonchev–Trinajstić information content (AvgIpc) is 2.20. The Morgan fingerprint density at radius 1 is 1.31 bits per heavy atom. The van der Waals surface area contributed by atoms with Gasteiger partial charge in [0.15, 0.2) is 6.61 Å². The molecule has 0 spiro atoms. The van der Waals surface area contributed by atoms with Crippen molar-refractivity contribution in [2.45, 2.75) is 13.8 Å². The van der Waals surface area contributed by atoms with Gasteiger partial charge in [0.05, 0.1) is 0 Å². The minimum atomic E-state index is 0.0733. The fourth-order valence-electron chi connectivity index (χ4n) is 0.680. The highest BCUT2D eigenvalue weighted by molar-refractivity contribution is 5.41. The lowest BCUT2D eigenvalue weighted by atomic mass is 10.3. The third-order valence-electron chi connectivity index (χ3n) is 1.18. The quantitative estimate of drug-likeness (QED) is 0.706. The molecule has 3 heteroatoms. The number of nitrogen functional groups attached to an aromatic ring is 1. The third-order valence-corrected chi connectivity index (χ3v) is 1.18. The van der Waals surface area contributed by atoms with Gasteiger partial charge in [-0.25, -0.2) is 0 Å². The Morgan fingerprint density at radius 2 is 1.85 bits per heavy atom. The Labute approximate surface area is 78.7 Å². The van der Waals surface area contributed by atoms with E-state index >= 15 is 0 Å². The summed E-state index contributed by atoms with van der Waals surface area (Å²) >= 11 is 0. The maximum Gasteiger partial charge on any atom is 0.174 e. The van der Waals surface area contributed by atoms with Crippen LogP contribution in [0.25, 0.3) is 0 Å². The number of hydrogen-bond acceptors (Lipinski definition) is 3. The monoisotopic (exact) mass is 178 g/mol. The van der Waals surface area contributed by atoms with Crippen molar-refractivity contribution in [2.75, 3.05) is 12.3 Å². The minimum absolute atomic E-state index is 0.0733. The molecule has 2 N–H and O–H groups in total. The highest BCUT2D eigenvalue weighted by Gasteiger charge is 1.90. The molecule has 0 fully saturated rings. The molecule has 0 saturated carbocycles. The number of benzene rings is 1. The molecule has 0 aromatic heterocycles. The lowest BCUT2D eigenvalue weighted by Gasteiger charge is -1.99. The number of nitrogens with two attached hydrogens (primary N) is 1. The molecular weight excluding hydrogens is 164 g/mol. The molecule has 0 unspecified atom stereocenters. The van der Waals surface area contributed by atoms with Crippen LogP contribution in [-0.2, 0) is 0 Å². The molecule has 70 valence electrons. The summed E-state index contributed by atoms with van der Waals surface area (Å²) in [6.45, 7) is 4.07. The van der Waals surface area contributed by atoms with Crippen LogP contribution < -0.4 is 10.5 Å². The number of ether oxygens (including phenoxy) is 1. The van der Waals surface area contributed by atoms with Crippen molar-refractivity contribution in [1.29, 1.82) is 5.26 Å². The molecule has 0 amide bonds. The summed E-state index contributed by atoms with van der Waals surface area (Å²) in [5.41, 5.74) is 6.12. The highest BCUT2D eigenvalue weighted by atomic mass is 16.5. The summed E-state index contributed by atoms with van der Waals surface area (Å²) in [6, 6.07) is 8.79. The summed E-state index contributed by atoms with van der Waals surface area (Å²) in [5.74, 6) is 0.667. The van der Waals surface area contributed by atoms with Gasteiger partial charge < -0.3 is 10.5 Å². The molecule has 0 aliphatic heterocycles. The fourth-order valence-corrected chi connectivity index (χ4v) is 0.680. The zero-order valence-corrected chi connectivity index (χ0v) is 7.95. The predicted molar refractivity (Wildman–Crippen MR) is 53.3 cm³/mol. The van der Waals surface area contributed by atoms with Gasteiger partial charge in [-0.15, -0.1) is 0 Å². The first-order valence-corrected chi connectivity index (χ1v) is 4.18. The van der Waals surface area contributed by atoms with E-state index in [4.69, 9.17) is 15.7 Å². The molecule has 0 bridgehead atoms. The second kappa shape index (κ2) is 6.99. The number of anilines is 1. The van der Waals surface area contributed by atoms with Crippen molar-refractivity contribution in [3.63, 3.8) is 0 Å². The normalized spacial score (nSPS) is 7.77. The van der Waals surface area contributed by atoms with Gasteiger partial charge in [-0.1, -0.05) is 13.8 Å². The summed E-state index contributed by atoms with van der Waals surface area (Å²) < 4.78 is 4.99. The maximum absolute atomic E-state index is 8.18. The standard InChI is InChI=1S/C8H8N2O.C2H6/c9-5-6-11-8-3-1-7(10)2-4-8;1-2/h1-4H,6,10H2;1-2H3. The van der Waals surface area contributed by atoms with E-state index in [9.17, 15) is 0 Å². The van der Waals surface area contributed by atoms with E-state index in [-0.39, 0.29) is 6.61 Å². The molecule has 0 atom stereocenters. The van der Waals surface area contributed by atoms with Gasteiger partial charge in [-0.3, -0.25) is 0 Å². The van der Waals surface area contributed by atoms with Crippen molar-refractivity contribution in [2.24, 2.45) is 0 Å². The van der Waals surface area contributed by atoms with Crippen LogP contribution in [0.2, 0.25) is 0 Å². The topological polar surface area (TPSA) is 59.0 Å². The summed E-state index contributed by atoms with van der Waals surface area (Å²) in [5, 5.41) is 8.18. The van der Waals surface area contributed by atoms with Crippen LogP contribution in [0.4, 0.5) is 5.69 Å². The van der Waals surface area contributed by atoms with Gasteiger partial charge in [0, 0.05) is 5.69 Å². The summed E-state index contributed by atoms with van der Waals surface area (Å²) in [6.07, 6.45) is 0. The second-order valence-electron chi connectivity index (χ2n) is 2.02. The van der Waals surface area contributed by atoms with E-state index in [1.165, 1.54) is 0 Å². The summed E-state index contributed by atoms with van der Waals surface area (Å²) in [4.78, 5) is 0. The molecular formula is C10H14N2O. The van der Waals surface area contributed by atoms with Gasteiger partial charge in [-0.2, -0.15) is 5.26 Å². The molecule has 3 nitrogen and oxygen atoms in total. The van der Waals surface area contributed by atoms with Gasteiger partial charge >= 0.3 is 0 Å². The first-order chi connectivity index (χ1) is 6.33. The Balaban J connectivity index is 0.000000671. The molecule has 1 aromatic carbocycles. The summed E-state index contributed by atoms with van der Waals surface area (Å²) in [7, 11) is 0. The number of rotatable bonds is 2. The fraction of sp³-hybridized carbons (Fsp3) is 0.300. The molecule has 13 heavy (non-hydrogen) atoms. The SMILES string of the molecule is CC.N#CCOc1ccc(N)cc1. The van der Waals surface area contributed by atoms with E-state index in [2.05, 4.69) is 0 Å². The van der Waals surface area contributed by atoms with Crippen molar-refractivity contribution < 1.29 is 4.74 Å². The zero-order valence-electron chi connectivity index (χ0n) is 7.95. The van der Waals surface area contributed by atoms with Gasteiger partial charge in [-0.05, 0) is 24.3 Å². The molecule has 0 heterocycles. The van der Waals surface area contributed by atoms with Gasteiger partial charge in [0.2, 0.25) is 0 Å². The lowest BCUT2D eigenvalue weighted by molar-refractivity contribution is 0.368. The zero-order chi connectivity index (χ0) is 10.1. The first-order valence-electron chi connectivity index (χ1n) is 4.18. The first kappa shape index (κ1) is 11.3. The molecule has 0 saturated heterocycles. The Bertz CT molecular complexity index is 261. The van der Waals surface area contributed by atoms with Crippen LogP contribution in [0.1, 0.15) is 13.8 Å². The van der Waals surface area contributed by atoms with E-state index in [1.54, 1.807) is 24.3 Å². The van der Waals surface area contributed by atoms with Gasteiger partial charge in [0.25, 0.3) is 0 Å². The largest absolute Gasteiger partial charge is 0.479 e. The van der Waals surface area contributed by atoms with Gasteiger partial charge in [0.1, 0.15) is 11.8 Å².